The number of fused-ring (bicyclic) bond motifs is 1. The molecule has 37 heavy (non-hydrogen) atoms. The molecule has 1 amide bonds. The van der Waals surface area contributed by atoms with Crippen molar-refractivity contribution in [2.45, 2.75) is 19.4 Å². The highest BCUT2D eigenvalue weighted by atomic mass is 35.5. The second-order valence-corrected chi connectivity index (χ2v) is 9.04. The van der Waals surface area contributed by atoms with E-state index in [0.717, 1.165) is 22.0 Å². The molecule has 6 N–H and O–H groups in total. The molecule has 7 nitrogen and oxygen atoms in total. The van der Waals surface area contributed by atoms with Gasteiger partial charge in [0.1, 0.15) is 23.5 Å². The number of nitrogens with one attached hydrogen (secondary N) is 2. The smallest absolute Gasteiger partial charge is 0.249 e. The van der Waals surface area contributed by atoms with E-state index >= 15 is 4.39 Å². The van der Waals surface area contributed by atoms with E-state index < -0.39 is 17.8 Å². The van der Waals surface area contributed by atoms with Crippen molar-refractivity contribution in [2.24, 2.45) is 5.73 Å². The van der Waals surface area contributed by atoms with E-state index in [4.69, 9.17) is 23.1 Å². The minimum absolute atomic E-state index is 0.0318. The Balaban J connectivity index is 1.63. The van der Waals surface area contributed by atoms with Crippen LogP contribution in [0, 0.1) is 5.82 Å². The van der Waals surface area contributed by atoms with Gasteiger partial charge in [0.25, 0.3) is 0 Å². The Morgan fingerprint density at radius 3 is 2.73 bits per heavy atom. The molecule has 2 heterocycles. The first kappa shape index (κ1) is 24.3. The number of aromatic nitrogens is 3. The Bertz CT molecular complexity index is 1630. The number of pyridine rings is 1. The minimum Gasteiger partial charge on any atom is -0.383 e. The van der Waals surface area contributed by atoms with Crippen LogP contribution in [0.15, 0.2) is 73.1 Å². The fraction of sp³-hybridized carbons (Fsp3) is 0.107. The molecule has 0 bridgehead atoms. The van der Waals surface area contributed by atoms with E-state index in [1.165, 1.54) is 0 Å². The molecule has 2 aromatic heterocycles. The van der Waals surface area contributed by atoms with Gasteiger partial charge >= 0.3 is 0 Å². The molecule has 0 aliphatic rings. The van der Waals surface area contributed by atoms with Gasteiger partial charge in [0.15, 0.2) is 0 Å². The van der Waals surface area contributed by atoms with E-state index in [0.29, 0.717) is 40.4 Å². The van der Waals surface area contributed by atoms with Crippen LogP contribution in [0.1, 0.15) is 40.3 Å². The fourth-order valence-corrected chi connectivity index (χ4v) is 4.64. The lowest BCUT2D eigenvalue weighted by molar-refractivity contribution is 0.100. The van der Waals surface area contributed by atoms with Crippen LogP contribution in [-0.2, 0) is 6.42 Å². The Morgan fingerprint density at radius 2 is 1.95 bits per heavy atom. The number of amides is 1. The van der Waals surface area contributed by atoms with Gasteiger partial charge < -0.3 is 21.8 Å². The number of aryl methyl sites for hydroxylation is 1. The van der Waals surface area contributed by atoms with E-state index in [1.54, 1.807) is 48.8 Å². The molecule has 5 aromatic rings. The van der Waals surface area contributed by atoms with Gasteiger partial charge in [-0.2, -0.15) is 0 Å². The first-order valence-corrected chi connectivity index (χ1v) is 12.1. The lowest BCUT2D eigenvalue weighted by atomic mass is 10.0. The van der Waals surface area contributed by atoms with Crippen LogP contribution < -0.4 is 16.8 Å². The average Bonchev–Trinajstić information content (AvgIpc) is 3.39. The Kier molecular flexibility index (Phi) is 6.50. The number of H-pyrrole nitrogens is 1. The third-order valence-corrected chi connectivity index (χ3v) is 6.57. The zero-order valence-electron chi connectivity index (χ0n) is 19.9. The zero-order chi connectivity index (χ0) is 26.1. The van der Waals surface area contributed by atoms with Crippen molar-refractivity contribution >= 4 is 39.8 Å². The second kappa shape index (κ2) is 9.91. The minimum atomic E-state index is -0.727. The van der Waals surface area contributed by atoms with Crippen LogP contribution in [0.3, 0.4) is 0 Å². The number of hydrogen-bond acceptors (Lipinski definition) is 5. The normalized spacial score (nSPS) is 12.0. The Morgan fingerprint density at radius 1 is 1.14 bits per heavy atom. The predicted molar refractivity (Wildman–Crippen MR) is 145 cm³/mol. The lowest BCUT2D eigenvalue weighted by Gasteiger charge is -2.21. The van der Waals surface area contributed by atoms with Crippen LogP contribution in [0.5, 0.6) is 0 Å². The number of primary amides is 1. The maximum absolute atomic E-state index is 15.5. The molecule has 0 spiro atoms. The number of benzene rings is 3. The third kappa shape index (κ3) is 4.71. The van der Waals surface area contributed by atoms with Gasteiger partial charge in [-0.15, -0.1) is 0 Å². The summed E-state index contributed by atoms with van der Waals surface area (Å²) in [5, 5.41) is 5.13. The van der Waals surface area contributed by atoms with Gasteiger partial charge in [0.2, 0.25) is 5.91 Å². The maximum atomic E-state index is 15.5. The number of nitrogen functional groups attached to an aromatic ring is 1. The van der Waals surface area contributed by atoms with Crippen molar-refractivity contribution < 1.29 is 9.18 Å². The summed E-state index contributed by atoms with van der Waals surface area (Å²) < 4.78 is 15.5. The molecule has 0 saturated heterocycles. The lowest BCUT2D eigenvalue weighted by Crippen LogP contribution is -2.16. The number of nitrogens with zero attached hydrogens (tertiary/aromatic N) is 2. The van der Waals surface area contributed by atoms with Crippen molar-refractivity contribution in [1.29, 1.82) is 0 Å². The number of carbonyl (C=O) groups excluding carboxylic acids is 1. The van der Waals surface area contributed by atoms with E-state index in [9.17, 15) is 4.79 Å². The standard InChI is InChI=1S/C28H24ClFN6O/c1-2-15-11-21(24(30)22(29)12-15)25(35-17-7-8-18-16(13-17)9-10-33-26(18)31)28-34-14-23(36-28)19-5-3-4-6-20(19)27(32)37/h3-14,25,35H,2H2,1H3,(H2,31,33)(H2,32,37)(H,34,36). The number of aromatic amines is 1. The van der Waals surface area contributed by atoms with E-state index in [1.807, 2.05) is 31.2 Å². The van der Waals surface area contributed by atoms with Crippen LogP contribution >= 0.6 is 11.6 Å². The summed E-state index contributed by atoms with van der Waals surface area (Å²) in [6.07, 6.45) is 3.91. The summed E-state index contributed by atoms with van der Waals surface area (Å²) in [5.74, 6) is -0.231. The molecule has 0 aliphatic heterocycles. The summed E-state index contributed by atoms with van der Waals surface area (Å²) in [5.41, 5.74) is 15.0. The van der Waals surface area contributed by atoms with Crippen LogP contribution in [-0.4, -0.2) is 20.9 Å². The van der Waals surface area contributed by atoms with Crippen molar-refractivity contribution in [3.8, 4) is 11.3 Å². The molecule has 1 unspecified atom stereocenters. The molecule has 3 aromatic carbocycles. The number of rotatable bonds is 7. The highest BCUT2D eigenvalue weighted by Gasteiger charge is 2.24. The molecular formula is C28H24ClFN6O. The number of nitrogens with two attached hydrogens (primary N) is 2. The molecule has 0 aliphatic carbocycles. The summed E-state index contributed by atoms with van der Waals surface area (Å²) in [4.78, 5) is 23.9. The molecule has 0 radical (unpaired) electrons. The number of anilines is 2. The highest BCUT2D eigenvalue weighted by molar-refractivity contribution is 6.30. The van der Waals surface area contributed by atoms with Crippen molar-refractivity contribution in [3.63, 3.8) is 0 Å². The molecule has 1 atom stereocenters. The predicted octanol–water partition coefficient (Wildman–Crippen LogP) is 5.86. The maximum Gasteiger partial charge on any atom is 0.249 e. The van der Waals surface area contributed by atoms with Crippen LogP contribution in [0.2, 0.25) is 5.02 Å². The van der Waals surface area contributed by atoms with Crippen molar-refractivity contribution in [1.82, 2.24) is 15.0 Å². The number of halogens is 2. The van der Waals surface area contributed by atoms with Crippen molar-refractivity contribution in [3.05, 3.63) is 106 Å². The third-order valence-electron chi connectivity index (χ3n) is 6.29. The van der Waals surface area contributed by atoms with Gasteiger partial charge in [0.05, 0.1) is 16.9 Å². The topological polar surface area (TPSA) is 123 Å². The van der Waals surface area contributed by atoms with E-state index in [2.05, 4.69) is 20.3 Å². The summed E-state index contributed by atoms with van der Waals surface area (Å²) in [7, 11) is 0. The van der Waals surface area contributed by atoms with Crippen molar-refractivity contribution in [2.75, 3.05) is 11.1 Å². The molecule has 186 valence electrons. The van der Waals surface area contributed by atoms with Crippen LogP contribution in [0.25, 0.3) is 22.0 Å². The zero-order valence-corrected chi connectivity index (χ0v) is 20.7. The molecule has 0 fully saturated rings. The summed E-state index contributed by atoms with van der Waals surface area (Å²) >= 11 is 6.28. The molecular weight excluding hydrogens is 491 g/mol. The molecule has 0 saturated carbocycles. The summed E-state index contributed by atoms with van der Waals surface area (Å²) in [6, 6.07) is 17.1. The number of imidazole rings is 1. The monoisotopic (exact) mass is 514 g/mol. The second-order valence-electron chi connectivity index (χ2n) is 8.64. The van der Waals surface area contributed by atoms with Gasteiger partial charge in [-0.05, 0) is 53.8 Å². The fourth-order valence-electron chi connectivity index (χ4n) is 4.39. The van der Waals surface area contributed by atoms with Gasteiger partial charge in [-0.3, -0.25) is 4.79 Å². The van der Waals surface area contributed by atoms with Gasteiger partial charge in [-0.1, -0.05) is 42.8 Å². The Hall–Kier alpha value is -4.43. The van der Waals surface area contributed by atoms with Crippen LogP contribution in [0.4, 0.5) is 15.9 Å². The SMILES string of the molecule is CCc1cc(Cl)c(F)c(C(Nc2ccc3c(N)nccc3c2)c2ncc(-c3ccccc3C(N)=O)[nH]2)c1. The number of hydrogen-bond donors (Lipinski definition) is 4. The van der Waals surface area contributed by atoms with Gasteiger partial charge in [0, 0.05) is 34.0 Å². The highest BCUT2D eigenvalue weighted by Crippen LogP contribution is 2.34. The first-order valence-electron chi connectivity index (χ1n) is 11.7. The average molecular weight is 515 g/mol. The largest absolute Gasteiger partial charge is 0.383 e. The first-order chi connectivity index (χ1) is 17.9. The van der Waals surface area contributed by atoms with E-state index in [-0.39, 0.29) is 5.02 Å². The summed E-state index contributed by atoms with van der Waals surface area (Å²) in [6.45, 7) is 1.98. The number of carbonyl (C=O) groups is 1. The molecule has 9 heteroatoms. The van der Waals surface area contributed by atoms with Gasteiger partial charge in [-0.25, -0.2) is 14.4 Å². The molecule has 5 rings (SSSR count). The quantitative estimate of drug-likeness (QED) is 0.216. The Labute approximate surface area is 217 Å².